The Morgan fingerprint density at radius 1 is 1.00 bits per heavy atom. The highest BCUT2D eigenvalue weighted by atomic mass is 16.5. The van der Waals surface area contributed by atoms with Gasteiger partial charge in [-0.15, -0.1) is 0 Å². The standard InChI is InChI=1S/C18H18O5/c1-20-14-10-15(21-2)17(22-3)18-16(14)12(19)9-13(23-18)11-7-5-4-6-8-11/h4-8,10,13H,9H2,1-3H3/t13-/m1/s1. The number of methoxy groups -OCH3 is 3. The summed E-state index contributed by atoms with van der Waals surface area (Å²) in [5, 5.41) is 0. The molecular formula is C18H18O5. The van der Waals surface area contributed by atoms with Crippen molar-refractivity contribution >= 4 is 5.78 Å². The molecule has 1 heterocycles. The zero-order valence-electron chi connectivity index (χ0n) is 13.3. The molecule has 1 atom stereocenters. The van der Waals surface area contributed by atoms with Gasteiger partial charge in [0.1, 0.15) is 17.4 Å². The van der Waals surface area contributed by atoms with Gasteiger partial charge in [0.25, 0.3) is 0 Å². The predicted octanol–water partition coefficient (Wildman–Crippen LogP) is 3.42. The first-order valence-corrected chi connectivity index (χ1v) is 7.27. The molecule has 5 heteroatoms. The van der Waals surface area contributed by atoms with Crippen LogP contribution in [-0.2, 0) is 0 Å². The van der Waals surface area contributed by atoms with Crippen molar-refractivity contribution in [1.29, 1.82) is 0 Å². The van der Waals surface area contributed by atoms with Crippen molar-refractivity contribution in [3.05, 3.63) is 47.5 Å². The molecule has 2 aromatic carbocycles. The van der Waals surface area contributed by atoms with Crippen LogP contribution in [0.1, 0.15) is 28.4 Å². The Hall–Kier alpha value is -2.69. The van der Waals surface area contributed by atoms with Gasteiger partial charge in [-0.3, -0.25) is 4.79 Å². The van der Waals surface area contributed by atoms with E-state index in [0.29, 0.717) is 28.6 Å². The third kappa shape index (κ3) is 2.59. The van der Waals surface area contributed by atoms with Gasteiger partial charge in [-0.25, -0.2) is 0 Å². The molecule has 3 rings (SSSR count). The lowest BCUT2D eigenvalue weighted by Gasteiger charge is -2.28. The minimum absolute atomic E-state index is 0.0436. The Bertz CT molecular complexity index is 724. The fourth-order valence-electron chi connectivity index (χ4n) is 2.78. The molecular weight excluding hydrogens is 296 g/mol. The summed E-state index contributed by atoms with van der Waals surface area (Å²) in [6, 6.07) is 11.3. The summed E-state index contributed by atoms with van der Waals surface area (Å²) in [6.07, 6.45) is -0.107. The highest BCUT2D eigenvalue weighted by Crippen LogP contribution is 2.50. The summed E-state index contributed by atoms with van der Waals surface area (Å²) in [5.41, 5.74) is 1.34. The van der Waals surface area contributed by atoms with Gasteiger partial charge in [0.05, 0.1) is 27.8 Å². The van der Waals surface area contributed by atoms with Crippen LogP contribution in [-0.4, -0.2) is 27.1 Å². The molecule has 0 N–H and O–H groups in total. The Kier molecular flexibility index (Phi) is 4.10. The van der Waals surface area contributed by atoms with Gasteiger partial charge < -0.3 is 18.9 Å². The molecule has 0 fully saturated rings. The number of hydrogen-bond donors (Lipinski definition) is 0. The molecule has 0 unspecified atom stereocenters. The lowest BCUT2D eigenvalue weighted by molar-refractivity contribution is 0.0835. The van der Waals surface area contributed by atoms with Crippen LogP contribution in [0.25, 0.3) is 0 Å². The molecule has 0 bridgehead atoms. The minimum atomic E-state index is -0.359. The third-order valence-corrected chi connectivity index (χ3v) is 3.89. The molecule has 23 heavy (non-hydrogen) atoms. The number of carbonyl (C=O) groups excluding carboxylic acids is 1. The maximum Gasteiger partial charge on any atom is 0.204 e. The average molecular weight is 314 g/mol. The highest BCUT2D eigenvalue weighted by Gasteiger charge is 2.34. The molecule has 0 saturated heterocycles. The van der Waals surface area contributed by atoms with Crippen LogP contribution in [0.2, 0.25) is 0 Å². The zero-order chi connectivity index (χ0) is 16.4. The number of Topliss-reactive ketones (excluding diaryl/α,β-unsaturated/α-hetero) is 1. The average Bonchev–Trinajstić information content (AvgIpc) is 2.60. The molecule has 0 aromatic heterocycles. The molecule has 0 saturated carbocycles. The predicted molar refractivity (Wildman–Crippen MR) is 84.9 cm³/mol. The molecule has 0 spiro atoms. The fourth-order valence-corrected chi connectivity index (χ4v) is 2.78. The van der Waals surface area contributed by atoms with Gasteiger partial charge >= 0.3 is 0 Å². The summed E-state index contributed by atoms with van der Waals surface area (Å²) in [6.45, 7) is 0. The minimum Gasteiger partial charge on any atom is -0.496 e. The van der Waals surface area contributed by atoms with Crippen molar-refractivity contribution in [2.24, 2.45) is 0 Å². The summed E-state index contributed by atoms with van der Waals surface area (Å²) in [4.78, 5) is 12.7. The molecule has 5 nitrogen and oxygen atoms in total. The number of hydrogen-bond acceptors (Lipinski definition) is 5. The van der Waals surface area contributed by atoms with E-state index in [2.05, 4.69) is 0 Å². The quantitative estimate of drug-likeness (QED) is 0.865. The first-order chi connectivity index (χ1) is 11.2. The van der Waals surface area contributed by atoms with Gasteiger partial charge in [0, 0.05) is 6.07 Å². The van der Waals surface area contributed by atoms with Crippen molar-refractivity contribution in [1.82, 2.24) is 0 Å². The maximum atomic E-state index is 12.7. The topological polar surface area (TPSA) is 54.0 Å². The Morgan fingerprint density at radius 3 is 2.30 bits per heavy atom. The van der Waals surface area contributed by atoms with E-state index in [1.165, 1.54) is 21.3 Å². The van der Waals surface area contributed by atoms with Gasteiger partial charge in [0.15, 0.2) is 17.3 Å². The first-order valence-electron chi connectivity index (χ1n) is 7.27. The number of benzene rings is 2. The number of rotatable bonds is 4. The lowest BCUT2D eigenvalue weighted by atomic mass is 9.95. The SMILES string of the molecule is COc1cc(OC)c2c(c1OC)O[C@@H](c1ccccc1)CC2=O. The van der Waals surface area contributed by atoms with Crippen molar-refractivity contribution < 1.29 is 23.7 Å². The molecule has 0 aliphatic carbocycles. The molecule has 0 amide bonds. The first kappa shape index (κ1) is 15.2. The molecule has 120 valence electrons. The Balaban J connectivity index is 2.13. The van der Waals surface area contributed by atoms with Gasteiger partial charge in [-0.1, -0.05) is 30.3 Å². The van der Waals surface area contributed by atoms with Crippen LogP contribution < -0.4 is 18.9 Å². The number of carbonyl (C=O) groups is 1. The number of fused-ring (bicyclic) bond motifs is 1. The summed E-state index contributed by atoms with van der Waals surface area (Å²) in [5.74, 6) is 1.61. The van der Waals surface area contributed by atoms with E-state index in [-0.39, 0.29) is 18.3 Å². The molecule has 1 aliphatic heterocycles. The number of ether oxygens (including phenoxy) is 4. The second-order valence-electron chi connectivity index (χ2n) is 5.16. The normalized spacial score (nSPS) is 16.3. The van der Waals surface area contributed by atoms with Crippen LogP contribution in [0, 0.1) is 0 Å². The third-order valence-electron chi connectivity index (χ3n) is 3.89. The van der Waals surface area contributed by atoms with Crippen molar-refractivity contribution in [2.75, 3.05) is 21.3 Å². The van der Waals surface area contributed by atoms with Gasteiger partial charge in [-0.2, -0.15) is 0 Å². The van der Waals surface area contributed by atoms with Gasteiger partial charge in [0.2, 0.25) is 5.75 Å². The van der Waals surface area contributed by atoms with Crippen LogP contribution in [0.5, 0.6) is 23.0 Å². The van der Waals surface area contributed by atoms with E-state index >= 15 is 0 Å². The lowest BCUT2D eigenvalue weighted by Crippen LogP contribution is -2.21. The van der Waals surface area contributed by atoms with E-state index in [4.69, 9.17) is 18.9 Å². The zero-order valence-corrected chi connectivity index (χ0v) is 13.3. The van der Waals surface area contributed by atoms with E-state index in [0.717, 1.165) is 5.56 Å². The summed E-state index contributed by atoms with van der Waals surface area (Å²) < 4.78 is 22.2. The van der Waals surface area contributed by atoms with Crippen LogP contribution in [0.3, 0.4) is 0 Å². The van der Waals surface area contributed by atoms with Crippen LogP contribution in [0.4, 0.5) is 0 Å². The fraction of sp³-hybridized carbons (Fsp3) is 0.278. The second kappa shape index (κ2) is 6.20. The van der Waals surface area contributed by atoms with Crippen molar-refractivity contribution in [3.8, 4) is 23.0 Å². The van der Waals surface area contributed by atoms with Gasteiger partial charge in [-0.05, 0) is 5.56 Å². The molecule has 2 aromatic rings. The maximum absolute atomic E-state index is 12.7. The Labute approximate surface area is 134 Å². The van der Waals surface area contributed by atoms with E-state index < -0.39 is 0 Å². The monoisotopic (exact) mass is 314 g/mol. The van der Waals surface area contributed by atoms with Crippen molar-refractivity contribution in [2.45, 2.75) is 12.5 Å². The van der Waals surface area contributed by atoms with Crippen molar-refractivity contribution in [3.63, 3.8) is 0 Å². The van der Waals surface area contributed by atoms with E-state index in [1.807, 2.05) is 30.3 Å². The second-order valence-corrected chi connectivity index (χ2v) is 5.16. The summed E-state index contributed by atoms with van der Waals surface area (Å²) in [7, 11) is 4.56. The van der Waals surface area contributed by atoms with Crippen LogP contribution >= 0.6 is 0 Å². The molecule has 0 radical (unpaired) electrons. The Morgan fingerprint density at radius 2 is 1.70 bits per heavy atom. The smallest absolute Gasteiger partial charge is 0.204 e. The van der Waals surface area contributed by atoms with Crippen LogP contribution in [0.15, 0.2) is 36.4 Å². The molecule has 1 aliphatic rings. The van der Waals surface area contributed by atoms with E-state index in [9.17, 15) is 4.79 Å². The highest BCUT2D eigenvalue weighted by molar-refractivity contribution is 6.04. The summed E-state index contributed by atoms with van der Waals surface area (Å²) >= 11 is 0. The largest absolute Gasteiger partial charge is 0.496 e. The number of ketones is 1. The van der Waals surface area contributed by atoms with E-state index in [1.54, 1.807) is 6.07 Å².